The number of carbonyl (C=O) groups excluding carboxylic acids is 1. The summed E-state index contributed by atoms with van der Waals surface area (Å²) in [5.41, 5.74) is 8.46. The molecule has 2 atom stereocenters. The van der Waals surface area contributed by atoms with Crippen molar-refractivity contribution in [1.29, 1.82) is 0 Å². The molecule has 1 aliphatic heterocycles. The fourth-order valence-electron chi connectivity index (χ4n) is 3.32. The number of nitrogens with two attached hydrogens (primary N) is 1. The fraction of sp³-hybridized carbons (Fsp3) is 0.316. The number of hydrogen-bond donors (Lipinski definition) is 1. The molecule has 0 saturated carbocycles. The molecule has 22 heavy (non-hydrogen) atoms. The first kappa shape index (κ1) is 14.6. The van der Waals surface area contributed by atoms with Gasteiger partial charge in [-0.25, -0.2) is 0 Å². The zero-order chi connectivity index (χ0) is 15.5. The second-order valence-electron chi connectivity index (χ2n) is 6.10. The van der Waals surface area contributed by atoms with Crippen molar-refractivity contribution in [1.82, 2.24) is 4.90 Å². The van der Waals surface area contributed by atoms with Gasteiger partial charge in [-0.05, 0) is 49.4 Å². The lowest BCUT2D eigenvalue weighted by Crippen LogP contribution is -2.36. The molecule has 0 aliphatic carbocycles. The zero-order valence-corrected chi connectivity index (χ0v) is 12.9. The predicted octanol–water partition coefficient (Wildman–Crippen LogP) is 3.36. The van der Waals surface area contributed by atoms with E-state index in [0.717, 1.165) is 19.4 Å². The molecule has 2 N–H and O–H groups in total. The van der Waals surface area contributed by atoms with Crippen LogP contribution in [0, 0.1) is 5.92 Å². The lowest BCUT2D eigenvalue weighted by molar-refractivity contribution is 0.0732. The number of anilines is 1. The van der Waals surface area contributed by atoms with Crippen LogP contribution >= 0.6 is 0 Å². The van der Waals surface area contributed by atoms with Gasteiger partial charge in [0.15, 0.2) is 0 Å². The maximum atomic E-state index is 12.7. The second-order valence-corrected chi connectivity index (χ2v) is 6.10. The molecule has 0 spiro atoms. The van der Waals surface area contributed by atoms with E-state index in [0.29, 0.717) is 17.2 Å². The number of carbonyl (C=O) groups is 1. The minimum Gasteiger partial charge on any atom is -0.399 e. The number of nitrogens with zero attached hydrogens (tertiary/aromatic N) is 1. The molecule has 1 saturated heterocycles. The molecule has 3 nitrogen and oxygen atoms in total. The summed E-state index contributed by atoms with van der Waals surface area (Å²) in [5.74, 6) is 0.614. The molecule has 0 bridgehead atoms. The van der Waals surface area contributed by atoms with Gasteiger partial charge in [0.1, 0.15) is 0 Å². The summed E-state index contributed by atoms with van der Waals surface area (Å²) < 4.78 is 0. The molecule has 1 heterocycles. The van der Waals surface area contributed by atoms with Gasteiger partial charge < -0.3 is 10.6 Å². The Kier molecular flexibility index (Phi) is 4.14. The van der Waals surface area contributed by atoms with Gasteiger partial charge in [0.25, 0.3) is 5.91 Å². The maximum absolute atomic E-state index is 12.7. The molecule has 114 valence electrons. The summed E-state index contributed by atoms with van der Waals surface area (Å²) in [6, 6.07) is 18.0. The highest BCUT2D eigenvalue weighted by molar-refractivity contribution is 5.95. The summed E-state index contributed by atoms with van der Waals surface area (Å²) in [6.07, 6.45) is 2.09. The van der Waals surface area contributed by atoms with Crippen LogP contribution in [0.5, 0.6) is 0 Å². The zero-order valence-electron chi connectivity index (χ0n) is 12.9. The molecule has 1 fully saturated rings. The van der Waals surface area contributed by atoms with Crippen molar-refractivity contribution in [3.05, 3.63) is 65.7 Å². The van der Waals surface area contributed by atoms with Crippen molar-refractivity contribution >= 4 is 11.6 Å². The Hall–Kier alpha value is -2.29. The van der Waals surface area contributed by atoms with E-state index in [2.05, 4.69) is 31.2 Å². The third kappa shape index (κ3) is 2.98. The average molecular weight is 294 g/mol. The number of nitrogen functional groups attached to an aromatic ring is 1. The molecule has 0 aromatic heterocycles. The smallest absolute Gasteiger partial charge is 0.254 e. The summed E-state index contributed by atoms with van der Waals surface area (Å²) in [5, 5.41) is 0. The van der Waals surface area contributed by atoms with Crippen LogP contribution in [-0.2, 0) is 6.42 Å². The lowest BCUT2D eigenvalue weighted by Gasteiger charge is -2.25. The second kappa shape index (κ2) is 6.22. The van der Waals surface area contributed by atoms with Crippen molar-refractivity contribution < 1.29 is 4.79 Å². The fourth-order valence-corrected chi connectivity index (χ4v) is 3.32. The normalized spacial score (nSPS) is 21.0. The van der Waals surface area contributed by atoms with Gasteiger partial charge in [0.2, 0.25) is 0 Å². The van der Waals surface area contributed by atoms with Gasteiger partial charge in [0.05, 0.1) is 0 Å². The monoisotopic (exact) mass is 294 g/mol. The minimum absolute atomic E-state index is 0.0929. The topological polar surface area (TPSA) is 46.3 Å². The third-order valence-corrected chi connectivity index (χ3v) is 4.65. The van der Waals surface area contributed by atoms with E-state index < -0.39 is 0 Å². The molecule has 2 aromatic rings. The Morgan fingerprint density at radius 1 is 1.18 bits per heavy atom. The number of benzene rings is 2. The number of amides is 1. The number of rotatable bonds is 3. The van der Waals surface area contributed by atoms with Crippen molar-refractivity contribution in [3.8, 4) is 0 Å². The van der Waals surface area contributed by atoms with Crippen molar-refractivity contribution in [2.45, 2.75) is 25.8 Å². The van der Waals surface area contributed by atoms with Gasteiger partial charge in [-0.15, -0.1) is 0 Å². The Balaban J connectivity index is 1.70. The van der Waals surface area contributed by atoms with Crippen LogP contribution in [-0.4, -0.2) is 23.4 Å². The van der Waals surface area contributed by atoms with Gasteiger partial charge in [-0.2, -0.15) is 0 Å². The van der Waals surface area contributed by atoms with E-state index in [1.165, 1.54) is 5.56 Å². The van der Waals surface area contributed by atoms with E-state index in [4.69, 9.17) is 5.73 Å². The van der Waals surface area contributed by atoms with E-state index in [9.17, 15) is 4.79 Å². The van der Waals surface area contributed by atoms with E-state index in [1.807, 2.05) is 29.2 Å². The molecular formula is C19H22N2O. The highest BCUT2D eigenvalue weighted by atomic mass is 16.2. The summed E-state index contributed by atoms with van der Waals surface area (Å²) >= 11 is 0. The van der Waals surface area contributed by atoms with Crippen molar-refractivity contribution in [2.24, 2.45) is 5.92 Å². The van der Waals surface area contributed by atoms with Gasteiger partial charge in [0, 0.05) is 23.8 Å². The largest absolute Gasteiger partial charge is 0.399 e. The minimum atomic E-state index is 0.0929. The Labute approximate surface area is 131 Å². The molecule has 0 radical (unpaired) electrons. The number of likely N-dealkylation sites (tertiary alicyclic amines) is 1. The van der Waals surface area contributed by atoms with E-state index in [1.54, 1.807) is 6.07 Å². The summed E-state index contributed by atoms with van der Waals surface area (Å²) in [4.78, 5) is 14.7. The average Bonchev–Trinajstić information content (AvgIpc) is 2.89. The van der Waals surface area contributed by atoms with Gasteiger partial charge >= 0.3 is 0 Å². The SMILES string of the molecule is CC1C(Cc2ccccc2)CCN1C(=O)c1cccc(N)c1. The Bertz CT molecular complexity index is 653. The van der Waals surface area contributed by atoms with Crippen LogP contribution in [0.15, 0.2) is 54.6 Å². The molecule has 2 aromatic carbocycles. The van der Waals surface area contributed by atoms with Gasteiger partial charge in [-0.3, -0.25) is 4.79 Å². The van der Waals surface area contributed by atoms with Crippen LogP contribution in [0.25, 0.3) is 0 Å². The highest BCUT2D eigenvalue weighted by Crippen LogP contribution is 2.29. The maximum Gasteiger partial charge on any atom is 0.254 e. The molecule has 3 rings (SSSR count). The van der Waals surface area contributed by atoms with Crippen molar-refractivity contribution in [3.63, 3.8) is 0 Å². The number of hydrogen-bond acceptors (Lipinski definition) is 2. The summed E-state index contributed by atoms with van der Waals surface area (Å²) in [7, 11) is 0. The Morgan fingerprint density at radius 3 is 2.68 bits per heavy atom. The third-order valence-electron chi connectivity index (χ3n) is 4.65. The van der Waals surface area contributed by atoms with Crippen LogP contribution in [0.2, 0.25) is 0 Å². The molecule has 1 aliphatic rings. The quantitative estimate of drug-likeness (QED) is 0.882. The first-order chi connectivity index (χ1) is 10.6. The lowest BCUT2D eigenvalue weighted by atomic mass is 9.93. The van der Waals surface area contributed by atoms with Crippen LogP contribution in [0.3, 0.4) is 0 Å². The molecular weight excluding hydrogens is 272 g/mol. The predicted molar refractivity (Wildman–Crippen MR) is 89.6 cm³/mol. The summed E-state index contributed by atoms with van der Waals surface area (Å²) in [6.45, 7) is 2.98. The first-order valence-electron chi connectivity index (χ1n) is 7.85. The molecule has 1 amide bonds. The van der Waals surface area contributed by atoms with Crippen LogP contribution in [0.4, 0.5) is 5.69 Å². The Morgan fingerprint density at radius 2 is 1.95 bits per heavy atom. The van der Waals surface area contributed by atoms with Crippen LogP contribution in [0.1, 0.15) is 29.3 Å². The molecule has 3 heteroatoms. The van der Waals surface area contributed by atoms with Gasteiger partial charge in [-0.1, -0.05) is 36.4 Å². The van der Waals surface area contributed by atoms with Crippen molar-refractivity contribution in [2.75, 3.05) is 12.3 Å². The highest BCUT2D eigenvalue weighted by Gasteiger charge is 2.34. The standard InChI is InChI=1S/C19H22N2O/c1-14-16(12-15-6-3-2-4-7-15)10-11-21(14)19(22)17-8-5-9-18(20)13-17/h2-9,13-14,16H,10-12,20H2,1H3. The van der Waals surface area contributed by atoms with E-state index >= 15 is 0 Å². The van der Waals surface area contributed by atoms with E-state index in [-0.39, 0.29) is 11.9 Å². The first-order valence-corrected chi connectivity index (χ1v) is 7.85. The van der Waals surface area contributed by atoms with Crippen LogP contribution < -0.4 is 5.73 Å². The molecule has 2 unspecified atom stereocenters.